The van der Waals surface area contributed by atoms with Gasteiger partial charge in [0.25, 0.3) is 0 Å². The van der Waals surface area contributed by atoms with E-state index in [9.17, 15) is 19.2 Å². The molecular formula is C26H36N6O4. The van der Waals surface area contributed by atoms with Gasteiger partial charge in [0, 0.05) is 43.0 Å². The van der Waals surface area contributed by atoms with Gasteiger partial charge in [-0.05, 0) is 23.5 Å². The molecule has 1 aliphatic rings. The van der Waals surface area contributed by atoms with Gasteiger partial charge < -0.3 is 31.6 Å². The van der Waals surface area contributed by atoms with Crippen molar-refractivity contribution in [2.24, 2.45) is 11.1 Å². The van der Waals surface area contributed by atoms with Crippen molar-refractivity contribution in [2.45, 2.75) is 58.2 Å². The number of urea groups is 1. The van der Waals surface area contributed by atoms with E-state index in [4.69, 9.17) is 5.73 Å². The predicted molar refractivity (Wildman–Crippen MR) is 138 cm³/mol. The molecule has 36 heavy (non-hydrogen) atoms. The number of hydrogen-bond acceptors (Lipinski definition) is 4. The highest BCUT2D eigenvalue weighted by molar-refractivity contribution is 5.94. The highest BCUT2D eigenvalue weighted by Gasteiger charge is 2.44. The molecule has 3 unspecified atom stereocenters. The number of likely N-dealkylation sites (tertiary alicyclic amines) is 1. The first-order valence-electron chi connectivity index (χ1n) is 12.1. The van der Waals surface area contributed by atoms with Crippen molar-refractivity contribution < 1.29 is 19.2 Å². The van der Waals surface area contributed by atoms with Gasteiger partial charge in [-0.2, -0.15) is 0 Å². The average molecular weight is 497 g/mol. The molecule has 3 atom stereocenters. The van der Waals surface area contributed by atoms with E-state index in [1.54, 1.807) is 12.3 Å². The molecule has 0 bridgehead atoms. The number of H-pyrrole nitrogens is 1. The van der Waals surface area contributed by atoms with E-state index in [1.807, 2.05) is 45.0 Å². The molecule has 1 fully saturated rings. The van der Waals surface area contributed by atoms with E-state index in [0.29, 0.717) is 13.0 Å². The smallest absolute Gasteiger partial charge is 0.315 e. The lowest BCUT2D eigenvalue weighted by molar-refractivity contribution is -0.141. The van der Waals surface area contributed by atoms with Gasteiger partial charge in [-0.15, -0.1) is 6.58 Å². The zero-order valence-corrected chi connectivity index (χ0v) is 21.1. The van der Waals surface area contributed by atoms with Gasteiger partial charge in [-0.1, -0.05) is 45.0 Å². The van der Waals surface area contributed by atoms with Crippen LogP contribution in [0.4, 0.5) is 4.79 Å². The number of carbonyl (C=O) groups excluding carboxylic acids is 4. The third-order valence-electron chi connectivity index (χ3n) is 6.15. The summed E-state index contributed by atoms with van der Waals surface area (Å²) in [4.78, 5) is 55.9. The van der Waals surface area contributed by atoms with Crippen molar-refractivity contribution in [1.29, 1.82) is 0 Å². The van der Waals surface area contributed by atoms with Gasteiger partial charge in [0.15, 0.2) is 0 Å². The Morgan fingerprint density at radius 3 is 2.64 bits per heavy atom. The highest BCUT2D eigenvalue weighted by atomic mass is 16.2. The summed E-state index contributed by atoms with van der Waals surface area (Å²) in [6.07, 6.45) is 4.15. The fourth-order valence-electron chi connectivity index (χ4n) is 4.49. The van der Waals surface area contributed by atoms with Crippen LogP contribution in [0.2, 0.25) is 0 Å². The van der Waals surface area contributed by atoms with Gasteiger partial charge in [0.2, 0.25) is 17.7 Å². The van der Waals surface area contributed by atoms with Crippen molar-refractivity contribution in [3.8, 4) is 0 Å². The molecule has 0 spiro atoms. The van der Waals surface area contributed by atoms with Crippen LogP contribution in [-0.2, 0) is 20.8 Å². The molecule has 1 saturated heterocycles. The normalized spacial score (nSPS) is 18.5. The summed E-state index contributed by atoms with van der Waals surface area (Å²) >= 11 is 0. The molecule has 0 aliphatic carbocycles. The molecule has 194 valence electrons. The number of amides is 5. The summed E-state index contributed by atoms with van der Waals surface area (Å²) in [6.45, 7) is 9.97. The van der Waals surface area contributed by atoms with Crippen LogP contribution >= 0.6 is 0 Å². The molecule has 10 nitrogen and oxygen atoms in total. The second kappa shape index (κ2) is 11.3. The number of carbonyl (C=O) groups is 4. The molecule has 10 heteroatoms. The number of para-hydroxylation sites is 1. The van der Waals surface area contributed by atoms with Crippen LogP contribution in [0.3, 0.4) is 0 Å². The molecule has 2 heterocycles. The van der Waals surface area contributed by atoms with Gasteiger partial charge in [0.05, 0.1) is 6.04 Å². The fourth-order valence-corrected chi connectivity index (χ4v) is 4.49. The Morgan fingerprint density at radius 2 is 1.97 bits per heavy atom. The monoisotopic (exact) mass is 496 g/mol. The first-order chi connectivity index (χ1) is 17.0. The number of aromatic nitrogens is 1. The van der Waals surface area contributed by atoms with E-state index in [1.165, 1.54) is 4.90 Å². The maximum atomic E-state index is 13.5. The molecule has 0 saturated carbocycles. The van der Waals surface area contributed by atoms with Crippen LogP contribution in [0.25, 0.3) is 10.9 Å². The fraction of sp³-hybridized carbons (Fsp3) is 0.462. The number of fused-ring (bicyclic) bond motifs is 1. The number of nitrogens with zero attached hydrogens (tertiary/aromatic N) is 1. The van der Waals surface area contributed by atoms with Gasteiger partial charge in [-0.3, -0.25) is 14.4 Å². The van der Waals surface area contributed by atoms with Crippen LogP contribution in [-0.4, -0.2) is 64.9 Å². The van der Waals surface area contributed by atoms with Gasteiger partial charge in [-0.25, -0.2) is 4.79 Å². The Kier molecular flexibility index (Phi) is 8.39. The quantitative estimate of drug-likeness (QED) is 0.335. The average Bonchev–Trinajstić information content (AvgIpc) is 3.40. The van der Waals surface area contributed by atoms with Gasteiger partial charge in [0.1, 0.15) is 12.1 Å². The summed E-state index contributed by atoms with van der Waals surface area (Å²) in [7, 11) is 0. The zero-order valence-electron chi connectivity index (χ0n) is 21.1. The molecule has 3 rings (SSSR count). The summed E-state index contributed by atoms with van der Waals surface area (Å²) in [5.74, 6) is -1.41. The van der Waals surface area contributed by atoms with E-state index in [2.05, 4.69) is 27.5 Å². The molecule has 6 N–H and O–H groups in total. The van der Waals surface area contributed by atoms with Crippen molar-refractivity contribution >= 4 is 34.7 Å². The minimum Gasteiger partial charge on any atom is -0.368 e. The maximum absolute atomic E-state index is 13.5. The molecule has 0 radical (unpaired) electrons. The summed E-state index contributed by atoms with van der Waals surface area (Å²) in [6, 6.07) is 4.58. The number of primary amides is 1. The Balaban J connectivity index is 1.81. The van der Waals surface area contributed by atoms with Crippen LogP contribution in [0.1, 0.15) is 39.2 Å². The van der Waals surface area contributed by atoms with Gasteiger partial charge >= 0.3 is 6.03 Å². The number of rotatable bonds is 9. The first-order valence-corrected chi connectivity index (χ1v) is 12.1. The number of benzene rings is 1. The Morgan fingerprint density at radius 1 is 1.25 bits per heavy atom. The number of nitrogens with two attached hydrogens (primary N) is 1. The number of nitrogens with one attached hydrogen (secondary N) is 4. The molecule has 1 aromatic heterocycles. The second-order valence-corrected chi connectivity index (χ2v) is 10.3. The van der Waals surface area contributed by atoms with Crippen LogP contribution in [0.5, 0.6) is 0 Å². The summed E-state index contributed by atoms with van der Waals surface area (Å²) in [5.41, 5.74) is 7.12. The van der Waals surface area contributed by atoms with Crippen molar-refractivity contribution in [2.75, 3.05) is 13.1 Å². The van der Waals surface area contributed by atoms with E-state index in [-0.39, 0.29) is 30.7 Å². The van der Waals surface area contributed by atoms with E-state index < -0.39 is 36.0 Å². The predicted octanol–water partition coefficient (Wildman–Crippen LogP) is 1.57. The van der Waals surface area contributed by atoms with Crippen LogP contribution < -0.4 is 21.7 Å². The number of hydrogen-bond donors (Lipinski definition) is 5. The minimum absolute atomic E-state index is 0.186. The van der Waals surface area contributed by atoms with Crippen molar-refractivity contribution in [3.05, 3.63) is 48.7 Å². The molecular weight excluding hydrogens is 460 g/mol. The lowest BCUT2D eigenvalue weighted by atomic mass is 9.91. The third-order valence-corrected chi connectivity index (χ3v) is 6.15. The lowest BCUT2D eigenvalue weighted by Gasteiger charge is -2.31. The highest BCUT2D eigenvalue weighted by Crippen LogP contribution is 2.26. The van der Waals surface area contributed by atoms with Crippen LogP contribution in [0, 0.1) is 5.41 Å². The Bertz CT molecular complexity index is 1130. The minimum atomic E-state index is -0.993. The largest absolute Gasteiger partial charge is 0.368 e. The standard InChI is InChI=1S/C26H36N6O4/c1-5-11-28-25(36)31-19-10-12-32(21(33)14-26(2,3)4)22(19)24(35)30-20(23(27)34)13-16-15-29-18-9-7-6-8-17(16)18/h5-9,15,19-20,22,29H,1,10-14H2,2-4H3,(H2,27,34)(H,30,35)(H2,28,31,36). The third kappa shape index (κ3) is 6.65. The molecule has 5 amide bonds. The van der Waals surface area contributed by atoms with Crippen molar-refractivity contribution in [1.82, 2.24) is 25.8 Å². The topological polar surface area (TPSA) is 149 Å². The molecule has 2 aromatic rings. The number of aromatic amines is 1. The lowest BCUT2D eigenvalue weighted by Crippen LogP contribution is -2.59. The Labute approximate surface area is 211 Å². The second-order valence-electron chi connectivity index (χ2n) is 10.3. The zero-order chi connectivity index (χ0) is 26.5. The maximum Gasteiger partial charge on any atom is 0.315 e. The first kappa shape index (κ1) is 26.8. The van der Waals surface area contributed by atoms with E-state index in [0.717, 1.165) is 16.5 Å². The molecule has 1 aromatic carbocycles. The van der Waals surface area contributed by atoms with Crippen molar-refractivity contribution in [3.63, 3.8) is 0 Å². The summed E-state index contributed by atoms with van der Waals surface area (Å²) < 4.78 is 0. The van der Waals surface area contributed by atoms with E-state index >= 15 is 0 Å². The molecule has 1 aliphatic heterocycles. The summed E-state index contributed by atoms with van der Waals surface area (Å²) in [5, 5.41) is 9.09. The SMILES string of the molecule is C=CCNC(=O)NC1CCN(C(=O)CC(C)(C)C)C1C(=O)NC(Cc1c[nH]c2ccccc12)C(N)=O. The Hall–Kier alpha value is -3.82. The van der Waals surface area contributed by atoms with Crippen LogP contribution in [0.15, 0.2) is 43.1 Å².